The van der Waals surface area contributed by atoms with Gasteiger partial charge in [-0.05, 0) is 12.1 Å². The van der Waals surface area contributed by atoms with Crippen LogP contribution in [-0.4, -0.2) is 20.4 Å². The molecule has 0 unspecified atom stereocenters. The van der Waals surface area contributed by atoms with Crippen molar-refractivity contribution in [2.24, 2.45) is 7.05 Å². The van der Waals surface area contributed by atoms with Gasteiger partial charge >= 0.3 is 0 Å². The third kappa shape index (κ3) is 2.34. The maximum Gasteiger partial charge on any atom is 0.268 e. The number of carbonyl (C=O) groups excluding carboxylic acids is 1. The normalized spacial score (nSPS) is 9.88. The number of nitrogens with one attached hydrogen (secondary N) is 2. The van der Waals surface area contributed by atoms with E-state index in [9.17, 15) is 4.79 Å². The fourth-order valence-electron chi connectivity index (χ4n) is 1.41. The minimum atomic E-state index is -0.255. The fraction of sp³-hybridized carbons (Fsp3) is 0.182. The zero-order valence-corrected chi connectivity index (χ0v) is 9.27. The summed E-state index contributed by atoms with van der Waals surface area (Å²) >= 11 is 0. The van der Waals surface area contributed by atoms with Gasteiger partial charge in [0.15, 0.2) is 0 Å². The zero-order chi connectivity index (χ0) is 12.3. The number of carbonyl (C=O) groups is 1. The van der Waals surface area contributed by atoms with Crippen LogP contribution in [-0.2, 0) is 13.6 Å². The Hall–Kier alpha value is -2.55. The molecule has 0 saturated carbocycles. The molecule has 0 atom stereocenters. The van der Waals surface area contributed by atoms with Crippen molar-refractivity contribution in [2.75, 3.05) is 0 Å². The minimum Gasteiger partial charge on any atom is -0.344 e. The molecule has 17 heavy (non-hydrogen) atoms. The lowest BCUT2D eigenvalue weighted by Gasteiger charge is -2.03. The first-order chi connectivity index (χ1) is 8.20. The lowest BCUT2D eigenvalue weighted by Crippen LogP contribution is -2.24. The highest BCUT2D eigenvalue weighted by molar-refractivity contribution is 5.92. The summed E-state index contributed by atoms with van der Waals surface area (Å²) in [7, 11) is 1.86. The van der Waals surface area contributed by atoms with E-state index in [1.807, 2.05) is 23.9 Å². The summed E-state index contributed by atoms with van der Waals surface area (Å²) in [6.07, 6.45) is 3.48. The molecule has 86 valence electrons. The molecule has 0 radical (unpaired) electrons. The monoisotopic (exact) mass is 229 g/mol. The number of nitriles is 1. The van der Waals surface area contributed by atoms with Gasteiger partial charge in [0.2, 0.25) is 0 Å². The molecule has 0 aromatic carbocycles. The van der Waals surface area contributed by atoms with E-state index >= 15 is 0 Å². The van der Waals surface area contributed by atoms with E-state index in [0.717, 1.165) is 5.82 Å². The van der Waals surface area contributed by atoms with Crippen molar-refractivity contribution in [3.63, 3.8) is 0 Å². The van der Waals surface area contributed by atoms with Crippen LogP contribution < -0.4 is 5.32 Å². The standard InChI is InChI=1S/C11H11N5O/c1-16-5-4-13-10(16)7-14-11(17)9-3-2-8(6-12)15-9/h2-5,15H,7H2,1H3,(H,14,17). The molecule has 0 aliphatic rings. The number of aromatic nitrogens is 3. The molecule has 2 aromatic heterocycles. The molecule has 2 heterocycles. The quantitative estimate of drug-likeness (QED) is 0.805. The largest absolute Gasteiger partial charge is 0.344 e. The van der Waals surface area contributed by atoms with Crippen molar-refractivity contribution in [2.45, 2.75) is 6.54 Å². The van der Waals surface area contributed by atoms with Crippen LogP contribution in [0, 0.1) is 11.3 Å². The van der Waals surface area contributed by atoms with Crippen LogP contribution in [0.1, 0.15) is 22.0 Å². The molecule has 0 bridgehead atoms. The van der Waals surface area contributed by atoms with Crippen LogP contribution in [0.5, 0.6) is 0 Å². The van der Waals surface area contributed by atoms with Crippen molar-refractivity contribution in [3.05, 3.63) is 41.7 Å². The number of nitrogens with zero attached hydrogens (tertiary/aromatic N) is 3. The number of H-pyrrole nitrogens is 1. The Balaban J connectivity index is 1.98. The van der Waals surface area contributed by atoms with Gasteiger partial charge in [-0.3, -0.25) is 4.79 Å². The molecule has 0 spiro atoms. The second kappa shape index (κ2) is 4.53. The fourth-order valence-corrected chi connectivity index (χ4v) is 1.41. The number of hydrogen-bond acceptors (Lipinski definition) is 3. The van der Waals surface area contributed by atoms with Crippen LogP contribution in [0.25, 0.3) is 0 Å². The summed E-state index contributed by atoms with van der Waals surface area (Å²) in [6, 6.07) is 5.07. The summed E-state index contributed by atoms with van der Waals surface area (Å²) in [5.74, 6) is 0.514. The highest BCUT2D eigenvalue weighted by Gasteiger charge is 2.08. The molecule has 0 saturated heterocycles. The lowest BCUT2D eigenvalue weighted by atomic mass is 10.4. The Morgan fingerprint density at radius 2 is 2.47 bits per heavy atom. The molecule has 2 aromatic rings. The second-order valence-electron chi connectivity index (χ2n) is 3.53. The van der Waals surface area contributed by atoms with E-state index in [1.54, 1.807) is 18.3 Å². The van der Waals surface area contributed by atoms with E-state index in [0.29, 0.717) is 17.9 Å². The summed E-state index contributed by atoms with van der Waals surface area (Å²) in [4.78, 5) is 18.5. The van der Waals surface area contributed by atoms with E-state index in [4.69, 9.17) is 5.26 Å². The predicted molar refractivity (Wildman–Crippen MR) is 59.9 cm³/mol. The van der Waals surface area contributed by atoms with E-state index in [2.05, 4.69) is 15.3 Å². The molecule has 0 aliphatic carbocycles. The SMILES string of the molecule is Cn1ccnc1CNC(=O)c1ccc(C#N)[nH]1. The highest BCUT2D eigenvalue weighted by Crippen LogP contribution is 2.01. The van der Waals surface area contributed by atoms with Gasteiger partial charge in [-0.15, -0.1) is 0 Å². The van der Waals surface area contributed by atoms with Gasteiger partial charge in [0.1, 0.15) is 23.3 Å². The average Bonchev–Trinajstić information content (AvgIpc) is 2.94. The van der Waals surface area contributed by atoms with E-state index in [1.165, 1.54) is 0 Å². The number of amides is 1. The van der Waals surface area contributed by atoms with Gasteiger partial charge in [-0.25, -0.2) is 4.98 Å². The Labute approximate surface area is 97.9 Å². The van der Waals surface area contributed by atoms with Crippen LogP contribution in [0.15, 0.2) is 24.5 Å². The summed E-state index contributed by atoms with van der Waals surface area (Å²) in [5.41, 5.74) is 0.739. The minimum absolute atomic E-state index is 0.255. The number of aromatic amines is 1. The first kappa shape index (κ1) is 11.0. The van der Waals surface area contributed by atoms with E-state index in [-0.39, 0.29) is 5.91 Å². The number of imidazole rings is 1. The van der Waals surface area contributed by atoms with Crippen molar-refractivity contribution in [1.29, 1.82) is 5.26 Å². The Morgan fingerprint density at radius 3 is 3.06 bits per heavy atom. The Morgan fingerprint density at radius 1 is 1.65 bits per heavy atom. The first-order valence-electron chi connectivity index (χ1n) is 5.04. The molecule has 2 N–H and O–H groups in total. The number of rotatable bonds is 3. The van der Waals surface area contributed by atoms with Gasteiger partial charge in [0.25, 0.3) is 5.91 Å². The third-order valence-corrected chi connectivity index (χ3v) is 2.38. The molecular formula is C11H11N5O. The molecule has 0 fully saturated rings. The summed E-state index contributed by atoms with van der Waals surface area (Å²) in [5, 5.41) is 11.3. The van der Waals surface area contributed by atoms with E-state index < -0.39 is 0 Å². The zero-order valence-electron chi connectivity index (χ0n) is 9.27. The van der Waals surface area contributed by atoms with Crippen LogP contribution >= 0.6 is 0 Å². The Bertz CT molecular complexity index is 575. The van der Waals surface area contributed by atoms with Gasteiger partial charge in [0.05, 0.1) is 6.54 Å². The molecular weight excluding hydrogens is 218 g/mol. The maximum absolute atomic E-state index is 11.7. The van der Waals surface area contributed by atoms with Gasteiger partial charge in [0, 0.05) is 19.4 Å². The van der Waals surface area contributed by atoms with Crippen LogP contribution in [0.2, 0.25) is 0 Å². The maximum atomic E-state index is 11.7. The predicted octanol–water partition coefficient (Wildman–Crippen LogP) is 0.550. The molecule has 6 nitrogen and oxygen atoms in total. The topological polar surface area (TPSA) is 86.5 Å². The molecule has 1 amide bonds. The van der Waals surface area contributed by atoms with Crippen LogP contribution in [0.3, 0.4) is 0 Å². The average molecular weight is 229 g/mol. The van der Waals surface area contributed by atoms with Gasteiger partial charge < -0.3 is 14.9 Å². The Kier molecular flexibility index (Phi) is 2.92. The summed E-state index contributed by atoms with van der Waals surface area (Å²) in [6.45, 7) is 0.350. The highest BCUT2D eigenvalue weighted by atomic mass is 16.1. The number of aryl methyl sites for hydroxylation is 1. The molecule has 2 rings (SSSR count). The van der Waals surface area contributed by atoms with Crippen LogP contribution in [0.4, 0.5) is 0 Å². The third-order valence-electron chi connectivity index (χ3n) is 2.38. The van der Waals surface area contributed by atoms with Gasteiger partial charge in [-0.1, -0.05) is 0 Å². The van der Waals surface area contributed by atoms with Crippen molar-refractivity contribution in [1.82, 2.24) is 19.9 Å². The first-order valence-corrected chi connectivity index (χ1v) is 5.04. The van der Waals surface area contributed by atoms with Crippen molar-refractivity contribution < 1.29 is 4.79 Å². The molecule has 0 aliphatic heterocycles. The van der Waals surface area contributed by atoms with Crippen molar-refractivity contribution in [3.8, 4) is 6.07 Å². The smallest absolute Gasteiger partial charge is 0.268 e. The summed E-state index contributed by atoms with van der Waals surface area (Å²) < 4.78 is 1.83. The lowest BCUT2D eigenvalue weighted by molar-refractivity contribution is 0.0945. The number of hydrogen-bond donors (Lipinski definition) is 2. The molecule has 6 heteroatoms. The van der Waals surface area contributed by atoms with Gasteiger partial charge in [-0.2, -0.15) is 5.26 Å². The van der Waals surface area contributed by atoms with Crippen molar-refractivity contribution >= 4 is 5.91 Å². The second-order valence-corrected chi connectivity index (χ2v) is 3.53.